The number of amides is 1. The first kappa shape index (κ1) is 28.0. The van der Waals surface area contributed by atoms with Crippen LogP contribution >= 0.6 is 23.2 Å². The largest absolute Gasteiger partial charge is 0.489 e. The lowest BCUT2D eigenvalue weighted by molar-refractivity contribution is 0.00531. The fourth-order valence-electron chi connectivity index (χ4n) is 4.58. The summed E-state index contributed by atoms with van der Waals surface area (Å²) < 4.78 is 29.0. The molecule has 1 aromatic carbocycles. The second-order valence-electron chi connectivity index (χ2n) is 11.1. The van der Waals surface area contributed by atoms with E-state index in [9.17, 15) is 9.00 Å². The van der Waals surface area contributed by atoms with Crippen molar-refractivity contribution in [2.24, 2.45) is 10.3 Å². The highest BCUT2D eigenvalue weighted by Crippen LogP contribution is 2.43. The van der Waals surface area contributed by atoms with Crippen LogP contribution in [0.15, 0.2) is 29.2 Å². The van der Waals surface area contributed by atoms with Crippen LogP contribution in [0.25, 0.3) is 0 Å². The maximum atomic E-state index is 13.2. The number of benzene rings is 1. The Labute approximate surface area is 221 Å². The highest BCUT2D eigenvalue weighted by Gasteiger charge is 2.46. The number of carbonyl (C=O) groups is 1. The van der Waals surface area contributed by atoms with Crippen LogP contribution in [0.1, 0.15) is 72.8 Å². The molecule has 3 unspecified atom stereocenters. The number of nitrogens with zero attached hydrogens (tertiary/aromatic N) is 2. The fourth-order valence-corrected chi connectivity index (χ4v) is 5.60. The van der Waals surface area contributed by atoms with Crippen LogP contribution in [-0.4, -0.2) is 50.0 Å². The summed E-state index contributed by atoms with van der Waals surface area (Å²) in [5.74, 6) is 0.492. The molecular weight excluding hydrogens is 507 g/mol. The van der Waals surface area contributed by atoms with E-state index in [-0.39, 0.29) is 30.7 Å². The Morgan fingerprint density at radius 3 is 2.23 bits per heavy atom. The van der Waals surface area contributed by atoms with Gasteiger partial charge in [-0.1, -0.05) is 35.9 Å². The molecule has 0 N–H and O–H groups in total. The maximum absolute atomic E-state index is 13.2. The van der Waals surface area contributed by atoms with E-state index in [2.05, 4.69) is 6.58 Å². The van der Waals surface area contributed by atoms with Crippen molar-refractivity contribution in [3.8, 4) is 5.75 Å². The topological polar surface area (TPSA) is 68.2 Å². The third-order valence-electron chi connectivity index (χ3n) is 6.08. The minimum Gasteiger partial charge on any atom is -0.489 e. The van der Waals surface area contributed by atoms with Crippen LogP contribution in [0, 0.1) is 5.92 Å². The number of halogens is 2. The van der Waals surface area contributed by atoms with E-state index in [1.807, 2.05) is 46.4 Å². The summed E-state index contributed by atoms with van der Waals surface area (Å²) in [6.45, 7) is 15.3. The Bertz CT molecular complexity index is 1020. The number of hydrogen-bond donors (Lipinski definition) is 0. The third-order valence-corrected chi connectivity index (χ3v) is 8.22. The zero-order chi connectivity index (χ0) is 26.1. The Hall–Kier alpha value is -1.57. The summed E-state index contributed by atoms with van der Waals surface area (Å²) >= 11 is 12.7. The van der Waals surface area contributed by atoms with Crippen molar-refractivity contribution < 1.29 is 18.5 Å². The number of fused-ring (bicyclic) bond motifs is 2. The number of carbonyl (C=O) groups excluding carboxylic acids is 1. The lowest BCUT2D eigenvalue weighted by Crippen LogP contribution is -2.49. The molecule has 0 aliphatic carbocycles. The molecule has 1 aromatic rings. The van der Waals surface area contributed by atoms with Gasteiger partial charge in [0, 0.05) is 29.6 Å². The molecule has 194 valence electrons. The first-order chi connectivity index (χ1) is 16.2. The Kier molecular flexibility index (Phi) is 8.65. The van der Waals surface area contributed by atoms with Crippen molar-refractivity contribution in [3.05, 3.63) is 40.4 Å². The zero-order valence-corrected chi connectivity index (χ0v) is 23.7. The van der Waals surface area contributed by atoms with Crippen molar-refractivity contribution in [2.45, 2.75) is 89.7 Å². The van der Waals surface area contributed by atoms with Gasteiger partial charge in [0.05, 0.1) is 20.5 Å². The normalized spacial score (nSPS) is 23.7. The Morgan fingerprint density at radius 2 is 1.71 bits per heavy atom. The predicted molar refractivity (Wildman–Crippen MR) is 144 cm³/mol. The molecule has 0 spiro atoms. The summed E-state index contributed by atoms with van der Waals surface area (Å²) in [4.78, 5) is 14.8. The molecular formula is C26H36Cl2N2O4S. The lowest BCUT2D eigenvalue weighted by atomic mass is 9.84. The van der Waals surface area contributed by atoms with Gasteiger partial charge in [0.15, 0.2) is 0 Å². The molecule has 3 atom stereocenters. The molecule has 2 fully saturated rings. The molecule has 9 heteroatoms. The number of piperidine rings is 1. The smallest absolute Gasteiger partial charge is 0.410 e. The van der Waals surface area contributed by atoms with Crippen molar-refractivity contribution in [2.75, 3.05) is 6.61 Å². The van der Waals surface area contributed by atoms with Gasteiger partial charge in [0.2, 0.25) is 0 Å². The first-order valence-corrected chi connectivity index (χ1v) is 13.8. The zero-order valence-electron chi connectivity index (χ0n) is 21.4. The van der Waals surface area contributed by atoms with Gasteiger partial charge >= 0.3 is 6.09 Å². The monoisotopic (exact) mass is 542 g/mol. The van der Waals surface area contributed by atoms with Gasteiger partial charge in [-0.3, -0.25) is 0 Å². The third kappa shape index (κ3) is 6.80. The molecule has 3 rings (SSSR count). The van der Waals surface area contributed by atoms with Crippen LogP contribution in [0.2, 0.25) is 10.0 Å². The van der Waals surface area contributed by atoms with Crippen LogP contribution in [0.3, 0.4) is 0 Å². The summed E-state index contributed by atoms with van der Waals surface area (Å²) in [6.07, 6.45) is 4.56. The van der Waals surface area contributed by atoms with Crippen molar-refractivity contribution >= 4 is 46.0 Å². The van der Waals surface area contributed by atoms with Gasteiger partial charge in [-0.25, -0.2) is 9.00 Å². The average molecular weight is 544 g/mol. The molecule has 1 amide bonds. The van der Waals surface area contributed by atoms with E-state index < -0.39 is 21.3 Å². The summed E-state index contributed by atoms with van der Waals surface area (Å²) in [6, 6.07) is 3.47. The summed E-state index contributed by atoms with van der Waals surface area (Å²) in [5.41, 5.74) is 0.798. The minimum absolute atomic E-state index is 0.0270. The first-order valence-electron chi connectivity index (χ1n) is 12.0. The minimum atomic E-state index is -1.50. The van der Waals surface area contributed by atoms with Gasteiger partial charge in [0.1, 0.15) is 28.9 Å². The molecule has 2 saturated heterocycles. The highest BCUT2D eigenvalue weighted by atomic mass is 35.5. The van der Waals surface area contributed by atoms with E-state index in [0.717, 1.165) is 12.8 Å². The van der Waals surface area contributed by atoms with E-state index in [0.29, 0.717) is 39.9 Å². The molecule has 0 aromatic heterocycles. The summed E-state index contributed by atoms with van der Waals surface area (Å²) in [5, 5.41) is 0.738. The van der Waals surface area contributed by atoms with E-state index in [1.54, 1.807) is 18.2 Å². The van der Waals surface area contributed by atoms with Crippen LogP contribution in [0.5, 0.6) is 5.75 Å². The van der Waals surface area contributed by atoms with Crippen LogP contribution < -0.4 is 4.74 Å². The molecule has 2 bridgehead atoms. The van der Waals surface area contributed by atoms with Crippen LogP contribution in [-0.2, 0) is 15.7 Å². The molecule has 35 heavy (non-hydrogen) atoms. The van der Waals surface area contributed by atoms with Gasteiger partial charge in [-0.15, -0.1) is 0 Å². The molecule has 2 aliphatic rings. The van der Waals surface area contributed by atoms with Crippen molar-refractivity contribution in [1.29, 1.82) is 0 Å². The fraction of sp³-hybridized carbons (Fsp3) is 0.615. The summed E-state index contributed by atoms with van der Waals surface area (Å²) in [7, 11) is -1.50. The lowest BCUT2D eigenvalue weighted by Gasteiger charge is -2.40. The Morgan fingerprint density at radius 1 is 1.14 bits per heavy atom. The maximum Gasteiger partial charge on any atom is 0.410 e. The van der Waals surface area contributed by atoms with Crippen molar-refractivity contribution in [1.82, 2.24) is 4.90 Å². The van der Waals surface area contributed by atoms with E-state index in [4.69, 9.17) is 37.1 Å². The molecule has 6 nitrogen and oxygen atoms in total. The Balaban J connectivity index is 2.02. The van der Waals surface area contributed by atoms with Crippen LogP contribution in [0.4, 0.5) is 4.79 Å². The SMILES string of the molecule is C=CCOc1cc(Cl)c(Cl)cc1/C(=N/S(=O)C(C)(C)C)C1CC2CCC(C1)N2C(=O)OC(C)(C)C. The standard InChI is InChI=1S/C26H36Cl2N2O4S/c1-8-11-33-22-15-21(28)20(27)14-19(22)23(29-35(32)26(5,6)7)16-12-17-9-10-18(13-16)30(17)24(31)34-25(2,3)4/h8,14-18H,1,9-13H2,2-7H3/b29-23+. The number of rotatable bonds is 6. The van der Waals surface area contributed by atoms with Gasteiger partial charge in [0.25, 0.3) is 0 Å². The highest BCUT2D eigenvalue weighted by molar-refractivity contribution is 7.85. The molecule has 0 radical (unpaired) electrons. The van der Waals surface area contributed by atoms with Crippen molar-refractivity contribution in [3.63, 3.8) is 0 Å². The molecule has 2 heterocycles. The molecule has 2 aliphatic heterocycles. The average Bonchev–Trinajstić information content (AvgIpc) is 3.00. The van der Waals surface area contributed by atoms with E-state index in [1.165, 1.54) is 0 Å². The van der Waals surface area contributed by atoms with Gasteiger partial charge < -0.3 is 14.4 Å². The second-order valence-corrected chi connectivity index (χ2v) is 13.9. The van der Waals surface area contributed by atoms with E-state index >= 15 is 0 Å². The number of ether oxygens (including phenoxy) is 2. The molecule has 0 saturated carbocycles. The second kappa shape index (κ2) is 10.8. The number of hydrogen-bond acceptors (Lipinski definition) is 4. The predicted octanol–water partition coefficient (Wildman–Crippen LogP) is 6.99. The van der Waals surface area contributed by atoms with Gasteiger partial charge in [-0.05, 0) is 73.3 Å². The quantitative estimate of drug-likeness (QED) is 0.287. The van der Waals surface area contributed by atoms with Gasteiger partial charge in [-0.2, -0.15) is 4.40 Å².